The van der Waals surface area contributed by atoms with Crippen LogP contribution in [0.25, 0.3) is 33.3 Å². The van der Waals surface area contributed by atoms with Crippen molar-refractivity contribution >= 4 is 33.3 Å². The molecule has 5 rings (SSSR count). The van der Waals surface area contributed by atoms with Crippen LogP contribution in [0.1, 0.15) is 12.5 Å². The molecule has 0 aliphatic carbocycles. The minimum atomic E-state index is -0.236. The molecule has 4 N–H and O–H groups in total. The molecule has 154 valence electrons. The number of likely N-dealkylation sites (N-methyl/N-ethyl adjacent to an activating group) is 1. The van der Waals surface area contributed by atoms with Crippen LogP contribution in [-0.4, -0.2) is 52.6 Å². The van der Waals surface area contributed by atoms with Crippen molar-refractivity contribution < 1.29 is 0 Å². The van der Waals surface area contributed by atoms with Crippen LogP contribution in [0.4, 0.5) is 11.4 Å². The minimum Gasteiger partial charge on any atom is -0.397 e. The largest absolute Gasteiger partial charge is 0.397 e. The lowest BCUT2D eigenvalue weighted by atomic mass is 10.0. The number of nitrogens with zero attached hydrogens (tertiary/aromatic N) is 3. The van der Waals surface area contributed by atoms with Crippen molar-refractivity contribution in [2.75, 3.05) is 43.4 Å². The van der Waals surface area contributed by atoms with Crippen molar-refractivity contribution in [1.82, 2.24) is 19.9 Å². The van der Waals surface area contributed by atoms with Gasteiger partial charge in [-0.15, -0.1) is 0 Å². The number of hydrogen-bond acceptors (Lipinski definition) is 5. The number of nitrogens with two attached hydrogens (primary N) is 1. The maximum absolute atomic E-state index is 12.8. The van der Waals surface area contributed by atoms with E-state index in [4.69, 9.17) is 10.7 Å². The lowest BCUT2D eigenvalue weighted by Gasteiger charge is -2.35. The van der Waals surface area contributed by atoms with E-state index in [0.717, 1.165) is 65.9 Å². The summed E-state index contributed by atoms with van der Waals surface area (Å²) in [7, 11) is 0. The normalized spacial score (nSPS) is 15.3. The molecule has 4 aromatic rings. The molecule has 1 saturated heterocycles. The van der Waals surface area contributed by atoms with Crippen LogP contribution in [-0.2, 0) is 0 Å². The summed E-state index contributed by atoms with van der Waals surface area (Å²) in [5, 5.41) is 0.863. The second-order valence-corrected chi connectivity index (χ2v) is 7.95. The predicted octanol–water partition coefficient (Wildman–Crippen LogP) is 3.10. The highest BCUT2D eigenvalue weighted by atomic mass is 16.1. The van der Waals surface area contributed by atoms with Crippen molar-refractivity contribution in [3.8, 4) is 11.4 Å². The van der Waals surface area contributed by atoms with Gasteiger partial charge in [0.05, 0.1) is 22.2 Å². The molecule has 3 heterocycles. The van der Waals surface area contributed by atoms with Gasteiger partial charge in [-0.3, -0.25) is 4.79 Å². The molecule has 7 nitrogen and oxygen atoms in total. The molecule has 7 heteroatoms. The zero-order chi connectivity index (χ0) is 20.8. The molecule has 0 radical (unpaired) electrons. The number of piperazine rings is 1. The highest BCUT2D eigenvalue weighted by Crippen LogP contribution is 2.31. The molecular weight excluding hydrogens is 376 g/mol. The Morgan fingerprint density at radius 3 is 2.63 bits per heavy atom. The number of aryl methyl sites for hydroxylation is 1. The number of nitrogen functional groups attached to an aromatic ring is 1. The van der Waals surface area contributed by atoms with E-state index in [1.807, 2.05) is 31.2 Å². The van der Waals surface area contributed by atoms with Gasteiger partial charge in [-0.25, -0.2) is 4.98 Å². The van der Waals surface area contributed by atoms with Gasteiger partial charge >= 0.3 is 0 Å². The maximum atomic E-state index is 12.8. The lowest BCUT2D eigenvalue weighted by Crippen LogP contribution is -2.46. The molecule has 1 aliphatic rings. The topological polar surface area (TPSA) is 94.0 Å². The Balaban J connectivity index is 1.56. The monoisotopic (exact) mass is 402 g/mol. The molecule has 0 atom stereocenters. The Bertz CT molecular complexity index is 1300. The highest BCUT2D eigenvalue weighted by Gasteiger charge is 2.19. The molecule has 2 aromatic carbocycles. The number of imidazole rings is 1. The van der Waals surface area contributed by atoms with E-state index in [2.05, 4.69) is 38.8 Å². The summed E-state index contributed by atoms with van der Waals surface area (Å²) in [5.74, 6) is 0.502. The van der Waals surface area contributed by atoms with Crippen LogP contribution in [0.3, 0.4) is 0 Å². The smallest absolute Gasteiger partial charge is 0.261 e. The predicted molar refractivity (Wildman–Crippen MR) is 123 cm³/mol. The number of fused-ring (bicyclic) bond motifs is 2. The number of aromatic amines is 2. The highest BCUT2D eigenvalue weighted by molar-refractivity contribution is 5.99. The summed E-state index contributed by atoms with van der Waals surface area (Å²) in [6.45, 7) is 9.45. The zero-order valence-corrected chi connectivity index (χ0v) is 17.3. The Hall–Kier alpha value is -3.32. The molecule has 0 saturated carbocycles. The molecule has 2 aromatic heterocycles. The third-order valence-electron chi connectivity index (χ3n) is 6.17. The first kappa shape index (κ1) is 18.7. The number of pyridine rings is 1. The number of anilines is 2. The van der Waals surface area contributed by atoms with Gasteiger partial charge in [0, 0.05) is 37.3 Å². The van der Waals surface area contributed by atoms with E-state index in [0.29, 0.717) is 17.1 Å². The van der Waals surface area contributed by atoms with Gasteiger partial charge in [0.1, 0.15) is 11.4 Å². The van der Waals surface area contributed by atoms with Crippen molar-refractivity contribution in [2.24, 2.45) is 0 Å². The van der Waals surface area contributed by atoms with Crippen molar-refractivity contribution in [2.45, 2.75) is 13.8 Å². The number of H-pyrrole nitrogens is 2. The van der Waals surface area contributed by atoms with Crippen LogP contribution in [0.2, 0.25) is 0 Å². The quantitative estimate of drug-likeness (QED) is 0.490. The number of aromatic nitrogens is 3. The zero-order valence-electron chi connectivity index (χ0n) is 17.3. The van der Waals surface area contributed by atoms with E-state index in [1.165, 1.54) is 0 Å². The Morgan fingerprint density at radius 1 is 1.07 bits per heavy atom. The molecule has 0 amide bonds. The van der Waals surface area contributed by atoms with Crippen molar-refractivity contribution in [3.63, 3.8) is 0 Å². The van der Waals surface area contributed by atoms with Crippen molar-refractivity contribution in [3.05, 3.63) is 52.3 Å². The molecule has 30 heavy (non-hydrogen) atoms. The lowest BCUT2D eigenvalue weighted by molar-refractivity contribution is 0.271. The number of hydrogen-bond donors (Lipinski definition) is 3. The second-order valence-electron chi connectivity index (χ2n) is 7.95. The summed E-state index contributed by atoms with van der Waals surface area (Å²) in [6, 6.07) is 12.0. The summed E-state index contributed by atoms with van der Waals surface area (Å²) in [5.41, 5.74) is 11.7. The average molecular weight is 403 g/mol. The SMILES string of the molecule is CCN1CCN(c2ccc3[nH]c(-c4c(N)c5c(C)cccc5[nH]c4=O)nc3c2)CC1. The van der Waals surface area contributed by atoms with Gasteiger partial charge in [-0.2, -0.15) is 0 Å². The number of nitrogens with one attached hydrogen (secondary N) is 2. The van der Waals surface area contributed by atoms with Gasteiger partial charge in [-0.05, 0) is 43.3 Å². The molecule has 1 fully saturated rings. The fraction of sp³-hybridized carbons (Fsp3) is 0.304. The van der Waals surface area contributed by atoms with Gasteiger partial charge in [0.2, 0.25) is 0 Å². The standard InChI is InChI=1S/C23H26N6O/c1-3-28-9-11-29(12-10-28)15-7-8-16-18(13-15)26-22(25-16)20-21(24)19-14(2)5-4-6-17(19)27-23(20)30/h4-8,13H,3,9-12H2,1-2H3,(H,25,26)(H3,24,27,30). The minimum absolute atomic E-state index is 0.236. The fourth-order valence-corrected chi connectivity index (χ4v) is 4.43. The molecule has 0 unspecified atom stereocenters. The Morgan fingerprint density at radius 2 is 1.87 bits per heavy atom. The maximum Gasteiger partial charge on any atom is 0.261 e. The van der Waals surface area contributed by atoms with Crippen LogP contribution >= 0.6 is 0 Å². The fourth-order valence-electron chi connectivity index (χ4n) is 4.43. The van der Waals surface area contributed by atoms with Gasteiger partial charge in [0.25, 0.3) is 5.56 Å². The molecule has 0 spiro atoms. The van der Waals surface area contributed by atoms with E-state index >= 15 is 0 Å². The summed E-state index contributed by atoms with van der Waals surface area (Å²) < 4.78 is 0. The van der Waals surface area contributed by atoms with E-state index < -0.39 is 0 Å². The molecule has 1 aliphatic heterocycles. The third-order valence-corrected chi connectivity index (χ3v) is 6.17. The molecule has 0 bridgehead atoms. The van der Waals surface area contributed by atoms with Crippen LogP contribution in [0, 0.1) is 6.92 Å². The van der Waals surface area contributed by atoms with Crippen LogP contribution in [0.5, 0.6) is 0 Å². The summed E-state index contributed by atoms with van der Waals surface area (Å²) in [6.07, 6.45) is 0. The first-order valence-electron chi connectivity index (χ1n) is 10.4. The molecular formula is C23H26N6O. The summed E-state index contributed by atoms with van der Waals surface area (Å²) >= 11 is 0. The average Bonchev–Trinajstić information content (AvgIpc) is 3.16. The van der Waals surface area contributed by atoms with E-state index in [-0.39, 0.29) is 5.56 Å². The van der Waals surface area contributed by atoms with Gasteiger partial charge in [0.15, 0.2) is 0 Å². The number of rotatable bonds is 3. The van der Waals surface area contributed by atoms with Gasteiger partial charge in [-0.1, -0.05) is 19.1 Å². The number of benzene rings is 2. The second kappa shape index (κ2) is 7.18. The van der Waals surface area contributed by atoms with E-state index in [9.17, 15) is 4.79 Å². The van der Waals surface area contributed by atoms with Crippen LogP contribution < -0.4 is 16.2 Å². The first-order chi connectivity index (χ1) is 14.5. The Kier molecular flexibility index (Phi) is 4.47. The van der Waals surface area contributed by atoms with E-state index in [1.54, 1.807) is 0 Å². The Labute approximate surface area is 174 Å². The summed E-state index contributed by atoms with van der Waals surface area (Å²) in [4.78, 5) is 28.6. The van der Waals surface area contributed by atoms with Crippen molar-refractivity contribution in [1.29, 1.82) is 0 Å². The van der Waals surface area contributed by atoms with Gasteiger partial charge < -0.3 is 25.5 Å². The third kappa shape index (κ3) is 3.02. The first-order valence-corrected chi connectivity index (χ1v) is 10.4. The van der Waals surface area contributed by atoms with Crippen LogP contribution in [0.15, 0.2) is 41.2 Å².